The van der Waals surface area contributed by atoms with Crippen molar-refractivity contribution in [2.24, 2.45) is 5.73 Å². The van der Waals surface area contributed by atoms with Crippen molar-refractivity contribution in [1.82, 2.24) is 10.6 Å². The fourth-order valence-electron chi connectivity index (χ4n) is 1.68. The van der Waals surface area contributed by atoms with E-state index in [2.05, 4.69) is 5.32 Å². The number of nitrogens with one attached hydrogen (secondary N) is 2. The first kappa shape index (κ1) is 22.1. The minimum atomic E-state index is -1.63. The highest BCUT2D eigenvalue weighted by atomic mass is 32.2. The summed E-state index contributed by atoms with van der Waals surface area (Å²) in [6.07, 6.45) is 0.00288. The summed E-state index contributed by atoms with van der Waals surface area (Å²) in [4.78, 5) is 45.8. The molecule has 0 aromatic carbocycles. The molecule has 24 heavy (non-hydrogen) atoms. The predicted octanol–water partition coefficient (Wildman–Crippen LogP) is -2.02. The van der Waals surface area contributed by atoms with Gasteiger partial charge >= 0.3 is 11.9 Å². The van der Waals surface area contributed by atoms with Crippen LogP contribution in [0.25, 0.3) is 0 Å². The Hall–Kier alpha value is -1.85. The molecule has 0 rings (SSSR count). The van der Waals surface area contributed by atoms with Gasteiger partial charge in [-0.1, -0.05) is 0 Å². The number of amides is 2. The van der Waals surface area contributed by atoms with Crippen LogP contribution in [0.1, 0.15) is 19.8 Å². The van der Waals surface area contributed by atoms with Crippen LogP contribution in [0.15, 0.2) is 0 Å². The monoisotopic (exact) mass is 365 g/mol. The van der Waals surface area contributed by atoms with E-state index in [1.165, 1.54) is 11.8 Å². The van der Waals surface area contributed by atoms with E-state index in [4.69, 9.17) is 15.9 Å². The average molecular weight is 365 g/mol. The Kier molecular flexibility index (Phi) is 10.0. The summed E-state index contributed by atoms with van der Waals surface area (Å²) in [6, 6.07) is -4.06. The molecular weight excluding hydrogens is 342 g/mol. The van der Waals surface area contributed by atoms with Gasteiger partial charge in [-0.2, -0.15) is 11.8 Å². The van der Waals surface area contributed by atoms with Crippen LogP contribution >= 0.6 is 11.8 Å². The van der Waals surface area contributed by atoms with Crippen LogP contribution in [0.4, 0.5) is 0 Å². The minimum Gasteiger partial charge on any atom is -0.481 e. The highest BCUT2D eigenvalue weighted by Gasteiger charge is 2.31. The number of hydrogen-bond acceptors (Lipinski definition) is 7. The molecule has 0 spiro atoms. The van der Waals surface area contributed by atoms with Crippen LogP contribution in [0.2, 0.25) is 0 Å². The summed E-state index contributed by atoms with van der Waals surface area (Å²) in [7, 11) is 0. The number of aliphatic hydroxyl groups is 1. The number of thioether (sulfide) groups is 1. The van der Waals surface area contributed by atoms with Gasteiger partial charge in [0.05, 0.1) is 18.6 Å². The van der Waals surface area contributed by atoms with E-state index < -0.39 is 54.4 Å². The molecule has 0 aromatic rings. The minimum absolute atomic E-state index is 0.333. The lowest BCUT2D eigenvalue weighted by Crippen LogP contribution is -2.57. The van der Waals surface area contributed by atoms with Gasteiger partial charge in [0.1, 0.15) is 6.04 Å². The van der Waals surface area contributed by atoms with Gasteiger partial charge in [-0.05, 0) is 25.4 Å². The molecule has 11 heteroatoms. The number of carbonyl (C=O) groups is 4. The molecule has 0 heterocycles. The van der Waals surface area contributed by atoms with E-state index in [0.29, 0.717) is 12.2 Å². The molecule has 2 amide bonds. The molecule has 0 unspecified atom stereocenters. The van der Waals surface area contributed by atoms with E-state index in [1.54, 1.807) is 0 Å². The number of carbonyl (C=O) groups excluding carboxylic acids is 2. The van der Waals surface area contributed by atoms with Crippen LogP contribution in [-0.2, 0) is 19.2 Å². The fourth-order valence-corrected chi connectivity index (χ4v) is 2.17. The van der Waals surface area contributed by atoms with Crippen LogP contribution in [0.3, 0.4) is 0 Å². The SMILES string of the molecule is CSCC[C@H](N)C(=O)N[C@@H](CC(=O)O)C(=O)N[C@H](C(=O)O)[C@@H](C)O. The Labute approximate surface area is 143 Å². The van der Waals surface area contributed by atoms with Crippen molar-refractivity contribution in [2.45, 2.75) is 44.0 Å². The number of nitrogens with two attached hydrogens (primary N) is 1. The topological polar surface area (TPSA) is 179 Å². The summed E-state index contributed by atoms with van der Waals surface area (Å²) in [5, 5.41) is 31.3. The quantitative estimate of drug-likeness (QED) is 0.241. The van der Waals surface area contributed by atoms with Crippen molar-refractivity contribution in [3.8, 4) is 0 Å². The van der Waals surface area contributed by atoms with Crippen molar-refractivity contribution >= 4 is 35.5 Å². The maximum Gasteiger partial charge on any atom is 0.328 e. The van der Waals surface area contributed by atoms with Gasteiger partial charge in [-0.15, -0.1) is 0 Å². The Bertz CT molecular complexity index is 472. The molecule has 138 valence electrons. The third-order valence-corrected chi connectivity index (χ3v) is 3.67. The van der Waals surface area contributed by atoms with Gasteiger partial charge in [-0.25, -0.2) is 4.79 Å². The van der Waals surface area contributed by atoms with Gasteiger partial charge in [0, 0.05) is 0 Å². The van der Waals surface area contributed by atoms with Gasteiger partial charge < -0.3 is 31.7 Å². The van der Waals surface area contributed by atoms with Crippen molar-refractivity contribution in [1.29, 1.82) is 0 Å². The second kappa shape index (κ2) is 10.8. The lowest BCUT2D eigenvalue weighted by Gasteiger charge is -2.23. The van der Waals surface area contributed by atoms with E-state index in [0.717, 1.165) is 6.92 Å². The smallest absolute Gasteiger partial charge is 0.328 e. The second-order valence-corrected chi connectivity index (χ2v) is 6.10. The van der Waals surface area contributed by atoms with Crippen LogP contribution in [0, 0.1) is 0 Å². The molecule has 4 atom stereocenters. The highest BCUT2D eigenvalue weighted by molar-refractivity contribution is 7.98. The third kappa shape index (κ3) is 8.13. The second-order valence-electron chi connectivity index (χ2n) is 5.11. The summed E-state index contributed by atoms with van der Waals surface area (Å²) in [5.74, 6) is -3.99. The van der Waals surface area contributed by atoms with Crippen LogP contribution in [-0.4, -0.2) is 75.3 Å². The predicted molar refractivity (Wildman–Crippen MR) is 86.4 cm³/mol. The van der Waals surface area contributed by atoms with Crippen molar-refractivity contribution in [2.75, 3.05) is 12.0 Å². The number of rotatable bonds is 11. The molecule has 7 N–H and O–H groups in total. The largest absolute Gasteiger partial charge is 0.481 e. The summed E-state index contributed by atoms with van der Waals surface area (Å²) >= 11 is 1.47. The molecule has 0 aliphatic rings. The Morgan fingerprint density at radius 3 is 2.12 bits per heavy atom. The molecule has 10 nitrogen and oxygen atoms in total. The zero-order valence-corrected chi connectivity index (χ0v) is 14.2. The molecular formula is C13H23N3O7S. The fraction of sp³-hybridized carbons (Fsp3) is 0.692. The molecule has 0 aliphatic heterocycles. The Balaban J connectivity index is 4.98. The third-order valence-electron chi connectivity index (χ3n) is 3.03. The molecule has 0 saturated heterocycles. The first-order chi connectivity index (χ1) is 11.1. The summed E-state index contributed by atoms with van der Waals surface area (Å²) < 4.78 is 0. The van der Waals surface area contributed by atoms with Gasteiger partial charge in [0.15, 0.2) is 6.04 Å². The van der Waals surface area contributed by atoms with E-state index in [9.17, 15) is 24.3 Å². The van der Waals surface area contributed by atoms with E-state index >= 15 is 0 Å². The number of carboxylic acids is 2. The lowest BCUT2D eigenvalue weighted by molar-refractivity contribution is -0.145. The van der Waals surface area contributed by atoms with Gasteiger partial charge in [0.25, 0.3) is 0 Å². The number of hydrogen-bond donors (Lipinski definition) is 6. The van der Waals surface area contributed by atoms with Gasteiger partial charge in [-0.3, -0.25) is 14.4 Å². The van der Waals surface area contributed by atoms with E-state index in [1.807, 2.05) is 11.6 Å². The molecule has 0 radical (unpaired) electrons. The van der Waals surface area contributed by atoms with Crippen molar-refractivity contribution < 1.29 is 34.5 Å². The molecule has 0 aliphatic carbocycles. The Morgan fingerprint density at radius 2 is 1.71 bits per heavy atom. The first-order valence-corrected chi connectivity index (χ1v) is 8.47. The normalized spacial score (nSPS) is 15.7. The zero-order chi connectivity index (χ0) is 18.9. The van der Waals surface area contributed by atoms with Gasteiger partial charge in [0.2, 0.25) is 11.8 Å². The maximum absolute atomic E-state index is 12.1. The number of carboxylic acid groups (broad SMARTS) is 2. The number of aliphatic carboxylic acids is 2. The van der Waals surface area contributed by atoms with Crippen LogP contribution in [0.5, 0.6) is 0 Å². The zero-order valence-electron chi connectivity index (χ0n) is 13.4. The standard InChI is InChI=1S/C13H23N3O7S/c1-6(17)10(13(22)23)16-12(21)8(5-9(18)19)15-11(20)7(14)3-4-24-2/h6-8,10,17H,3-5,14H2,1-2H3,(H,15,20)(H,16,21)(H,18,19)(H,22,23)/t6-,7+,8+,10+/m1/s1. The highest BCUT2D eigenvalue weighted by Crippen LogP contribution is 2.02. The molecule has 0 aromatic heterocycles. The maximum atomic E-state index is 12.1. The van der Waals surface area contributed by atoms with Crippen LogP contribution < -0.4 is 16.4 Å². The van der Waals surface area contributed by atoms with E-state index in [-0.39, 0.29) is 0 Å². The number of aliphatic hydroxyl groups excluding tert-OH is 1. The Morgan fingerprint density at radius 1 is 1.12 bits per heavy atom. The lowest BCUT2D eigenvalue weighted by atomic mass is 10.1. The molecule has 0 bridgehead atoms. The summed E-state index contributed by atoms with van der Waals surface area (Å²) in [5.41, 5.74) is 5.64. The first-order valence-electron chi connectivity index (χ1n) is 7.08. The van der Waals surface area contributed by atoms with Crippen molar-refractivity contribution in [3.63, 3.8) is 0 Å². The summed E-state index contributed by atoms with van der Waals surface area (Å²) in [6.45, 7) is 1.15. The molecule has 0 saturated carbocycles. The molecule has 0 fully saturated rings. The average Bonchev–Trinajstić information content (AvgIpc) is 2.47. The van der Waals surface area contributed by atoms with Crippen molar-refractivity contribution in [3.05, 3.63) is 0 Å².